The highest BCUT2D eigenvalue weighted by molar-refractivity contribution is 5.77. The molecule has 0 spiro atoms. The zero-order valence-corrected chi connectivity index (χ0v) is 10.4. The van der Waals surface area contributed by atoms with Crippen molar-refractivity contribution in [3.8, 4) is 0 Å². The van der Waals surface area contributed by atoms with Crippen molar-refractivity contribution in [2.45, 2.75) is 13.3 Å². The number of hydrogen-bond donors (Lipinski definition) is 1. The quantitative estimate of drug-likeness (QED) is 0.763. The first-order valence-corrected chi connectivity index (χ1v) is 5.85. The molecule has 98 valence electrons. The van der Waals surface area contributed by atoms with Crippen LogP contribution in [0, 0.1) is 5.92 Å². The first-order chi connectivity index (χ1) is 8.10. The van der Waals surface area contributed by atoms with E-state index in [1.807, 2.05) is 6.92 Å². The van der Waals surface area contributed by atoms with Gasteiger partial charge in [-0.1, -0.05) is 0 Å². The average molecular weight is 244 g/mol. The largest absolute Gasteiger partial charge is 0.481 e. The van der Waals surface area contributed by atoms with Gasteiger partial charge in [-0.2, -0.15) is 0 Å². The zero-order chi connectivity index (χ0) is 12.8. The summed E-state index contributed by atoms with van der Waals surface area (Å²) in [5, 5.41) is 8.88. The summed E-state index contributed by atoms with van der Waals surface area (Å²) < 4.78 is 4.94. The van der Waals surface area contributed by atoms with Gasteiger partial charge in [0.2, 0.25) is 0 Å². The van der Waals surface area contributed by atoms with Crippen LogP contribution in [0.3, 0.4) is 0 Å². The molecule has 0 aliphatic carbocycles. The number of carbonyl (C=O) groups excluding carboxylic acids is 1. The fourth-order valence-electron chi connectivity index (χ4n) is 1.93. The molecular weight excluding hydrogens is 224 g/mol. The van der Waals surface area contributed by atoms with Gasteiger partial charge in [0.05, 0.1) is 12.5 Å². The van der Waals surface area contributed by atoms with Gasteiger partial charge in [-0.25, -0.2) is 4.79 Å². The molecular formula is C11H20N2O4. The van der Waals surface area contributed by atoms with E-state index in [0.29, 0.717) is 39.2 Å². The van der Waals surface area contributed by atoms with Crippen molar-refractivity contribution in [3.05, 3.63) is 0 Å². The lowest BCUT2D eigenvalue weighted by Crippen LogP contribution is -2.43. The normalized spacial score (nSPS) is 19.4. The number of carbonyl (C=O) groups is 2. The van der Waals surface area contributed by atoms with Crippen molar-refractivity contribution in [2.75, 3.05) is 39.9 Å². The summed E-state index contributed by atoms with van der Waals surface area (Å²) in [5.41, 5.74) is 0. The van der Waals surface area contributed by atoms with Gasteiger partial charge in [0.15, 0.2) is 0 Å². The Balaban J connectivity index is 2.49. The summed E-state index contributed by atoms with van der Waals surface area (Å²) in [7, 11) is 1.59. The van der Waals surface area contributed by atoms with E-state index in [1.54, 1.807) is 16.9 Å². The number of carboxylic acids is 1. The van der Waals surface area contributed by atoms with Gasteiger partial charge in [0.25, 0.3) is 0 Å². The van der Waals surface area contributed by atoms with Crippen molar-refractivity contribution >= 4 is 12.0 Å². The van der Waals surface area contributed by atoms with Crippen LogP contribution < -0.4 is 0 Å². The number of nitrogens with zero attached hydrogens (tertiary/aromatic N) is 2. The molecule has 0 aromatic carbocycles. The molecule has 0 bridgehead atoms. The first-order valence-electron chi connectivity index (χ1n) is 5.85. The number of hydrogen-bond acceptors (Lipinski definition) is 3. The van der Waals surface area contributed by atoms with Gasteiger partial charge in [0.1, 0.15) is 0 Å². The Bertz CT molecular complexity index is 283. The molecule has 0 aromatic rings. The number of likely N-dealkylation sites (tertiary alicyclic amines) is 1. The van der Waals surface area contributed by atoms with Crippen LogP contribution in [0.1, 0.15) is 13.3 Å². The molecule has 1 N–H and O–H groups in total. The third kappa shape index (κ3) is 3.59. The minimum atomic E-state index is -0.819. The van der Waals surface area contributed by atoms with E-state index in [2.05, 4.69) is 0 Å². The maximum absolute atomic E-state index is 12.1. The third-order valence-corrected chi connectivity index (χ3v) is 3.03. The van der Waals surface area contributed by atoms with Crippen molar-refractivity contribution in [1.29, 1.82) is 0 Å². The summed E-state index contributed by atoms with van der Waals surface area (Å²) >= 11 is 0. The van der Waals surface area contributed by atoms with Crippen LogP contribution in [0.4, 0.5) is 4.79 Å². The van der Waals surface area contributed by atoms with E-state index >= 15 is 0 Å². The molecule has 1 aliphatic rings. The zero-order valence-electron chi connectivity index (χ0n) is 10.4. The Labute approximate surface area is 101 Å². The Kier molecular flexibility index (Phi) is 5.21. The van der Waals surface area contributed by atoms with Crippen LogP contribution in [0.5, 0.6) is 0 Å². The summed E-state index contributed by atoms with van der Waals surface area (Å²) in [5.74, 6) is -1.24. The number of likely N-dealkylation sites (N-methyl/N-ethyl adjacent to an activating group) is 1. The molecule has 0 radical (unpaired) electrons. The van der Waals surface area contributed by atoms with Crippen molar-refractivity contribution < 1.29 is 19.4 Å². The SMILES string of the molecule is CCN(CCOC)C(=O)N1CCC(C(=O)O)C1. The molecule has 6 nitrogen and oxygen atoms in total. The molecule has 6 heteroatoms. The van der Waals surface area contributed by atoms with E-state index in [1.165, 1.54) is 0 Å². The van der Waals surface area contributed by atoms with Gasteiger partial charge in [0, 0.05) is 33.3 Å². The molecule has 0 aromatic heterocycles. The van der Waals surface area contributed by atoms with Crippen LogP contribution in [0.25, 0.3) is 0 Å². The second kappa shape index (κ2) is 6.44. The van der Waals surface area contributed by atoms with Gasteiger partial charge in [-0.05, 0) is 13.3 Å². The minimum Gasteiger partial charge on any atom is -0.481 e. The van der Waals surface area contributed by atoms with E-state index in [0.717, 1.165) is 0 Å². The number of carboxylic acid groups (broad SMARTS) is 1. The van der Waals surface area contributed by atoms with Gasteiger partial charge in [-0.3, -0.25) is 4.79 Å². The predicted molar refractivity (Wildman–Crippen MR) is 61.8 cm³/mol. The third-order valence-electron chi connectivity index (χ3n) is 3.03. The fraction of sp³-hybridized carbons (Fsp3) is 0.818. The molecule has 1 atom stereocenters. The van der Waals surface area contributed by atoms with Crippen LogP contribution in [0.2, 0.25) is 0 Å². The topological polar surface area (TPSA) is 70.1 Å². The standard InChI is InChI=1S/C11H20N2O4/c1-3-12(6-7-17-2)11(16)13-5-4-9(8-13)10(14)15/h9H,3-8H2,1-2H3,(H,14,15). The Morgan fingerprint density at radius 2 is 2.24 bits per heavy atom. The van der Waals surface area contributed by atoms with Crippen molar-refractivity contribution in [1.82, 2.24) is 9.80 Å². The molecule has 1 aliphatic heterocycles. The van der Waals surface area contributed by atoms with Gasteiger partial charge >= 0.3 is 12.0 Å². The molecule has 1 heterocycles. The molecule has 2 amide bonds. The van der Waals surface area contributed by atoms with E-state index in [9.17, 15) is 9.59 Å². The monoisotopic (exact) mass is 244 g/mol. The summed E-state index contributed by atoms with van der Waals surface area (Å²) in [6.07, 6.45) is 0.545. The lowest BCUT2D eigenvalue weighted by atomic mass is 10.1. The van der Waals surface area contributed by atoms with Crippen LogP contribution in [-0.4, -0.2) is 66.8 Å². The lowest BCUT2D eigenvalue weighted by molar-refractivity contribution is -0.141. The summed E-state index contributed by atoms with van der Waals surface area (Å²) in [6, 6.07) is -0.0895. The molecule has 1 rings (SSSR count). The molecule has 0 saturated carbocycles. The number of aliphatic carboxylic acids is 1. The van der Waals surface area contributed by atoms with Crippen molar-refractivity contribution in [2.24, 2.45) is 5.92 Å². The number of amides is 2. The number of rotatable bonds is 5. The number of ether oxygens (including phenoxy) is 1. The fourth-order valence-corrected chi connectivity index (χ4v) is 1.93. The highest BCUT2D eigenvalue weighted by Crippen LogP contribution is 2.17. The molecule has 17 heavy (non-hydrogen) atoms. The highest BCUT2D eigenvalue weighted by atomic mass is 16.5. The number of methoxy groups -OCH3 is 1. The second-order valence-corrected chi connectivity index (χ2v) is 4.12. The maximum atomic E-state index is 12.1. The Morgan fingerprint density at radius 3 is 2.71 bits per heavy atom. The van der Waals surface area contributed by atoms with Crippen LogP contribution in [0.15, 0.2) is 0 Å². The van der Waals surface area contributed by atoms with Crippen LogP contribution >= 0.6 is 0 Å². The molecule has 1 unspecified atom stereocenters. The number of urea groups is 1. The van der Waals surface area contributed by atoms with E-state index in [4.69, 9.17) is 9.84 Å². The van der Waals surface area contributed by atoms with Crippen LogP contribution in [-0.2, 0) is 9.53 Å². The predicted octanol–water partition coefficient (Wildman–Crippen LogP) is 0.481. The molecule has 1 fully saturated rings. The highest BCUT2D eigenvalue weighted by Gasteiger charge is 2.32. The van der Waals surface area contributed by atoms with Crippen molar-refractivity contribution in [3.63, 3.8) is 0 Å². The maximum Gasteiger partial charge on any atom is 0.320 e. The van der Waals surface area contributed by atoms with E-state index < -0.39 is 11.9 Å². The lowest BCUT2D eigenvalue weighted by Gasteiger charge is -2.26. The molecule has 1 saturated heterocycles. The Hall–Kier alpha value is -1.30. The Morgan fingerprint density at radius 1 is 1.53 bits per heavy atom. The van der Waals surface area contributed by atoms with E-state index in [-0.39, 0.29) is 6.03 Å². The smallest absolute Gasteiger partial charge is 0.320 e. The summed E-state index contributed by atoms with van der Waals surface area (Å²) in [6.45, 7) is 4.39. The minimum absolute atomic E-state index is 0.0895. The summed E-state index contributed by atoms with van der Waals surface area (Å²) in [4.78, 5) is 26.1. The van der Waals surface area contributed by atoms with Gasteiger partial charge < -0.3 is 19.6 Å². The average Bonchev–Trinajstić information content (AvgIpc) is 2.79. The second-order valence-electron chi connectivity index (χ2n) is 4.12. The first kappa shape index (κ1) is 13.8. The van der Waals surface area contributed by atoms with Gasteiger partial charge in [-0.15, -0.1) is 0 Å².